The molecule has 0 saturated carbocycles. The number of halogens is 2. The standard InChI is InChI=1S/C19H15ClN4O4S.C19H16ClN3O2S.C18H14N4O4S.C18H15N3O2S/c1-12-6-7-13(8-15(12)20)16-10-29-19(21-16)23-22-18(28-11-25)9-14-4-2-3-5-17(14)24(26)27;1-13-7-8-15(10-16(13)20)17-11-26-19(21-17)23-22-18(25-12-24)9-14-5-3-2-4-6-14;23-12-26-17(10-14-8-4-5-9-16(14)22(24)25)20-21-18-19-15(11-27-18)13-6-2-1-3-7-13;22-13-23-17(11-14-7-3-1-4-8-14)20-21-18-19-16(12-24-18)15-9-5-2-6-10-15/h2-8,10-11H,9H2,1H3,(H,21,23);2-8,10-12H,9H2,1H3,(H,21,23);1-9,11-12H,10H2,(H,19,21);1-10,12-13H,11H2,(H,19,21)/b2*22-18+;2*20-17+. The van der Waals surface area contributed by atoms with Gasteiger partial charge < -0.3 is 18.9 Å². The van der Waals surface area contributed by atoms with E-state index in [1.165, 1.54) is 57.5 Å². The van der Waals surface area contributed by atoms with Crippen LogP contribution < -0.4 is 21.7 Å². The van der Waals surface area contributed by atoms with Crippen LogP contribution in [0.25, 0.3) is 45.0 Å². The van der Waals surface area contributed by atoms with Crippen LogP contribution in [-0.4, -0.2) is 79.3 Å². The summed E-state index contributed by atoms with van der Waals surface area (Å²) in [5.74, 6) is 0.522. The molecule has 26 nitrogen and oxygen atoms in total. The van der Waals surface area contributed by atoms with E-state index in [-0.39, 0.29) is 60.8 Å². The molecule has 0 aliphatic rings. The molecular formula is C74H60Cl2N14O12S4. The van der Waals surface area contributed by atoms with E-state index in [1.807, 2.05) is 193 Å². The van der Waals surface area contributed by atoms with Crippen LogP contribution in [0.1, 0.15) is 33.4 Å². The molecule has 536 valence electrons. The summed E-state index contributed by atoms with van der Waals surface area (Å²) >= 11 is 17.8. The number of anilines is 4. The summed E-state index contributed by atoms with van der Waals surface area (Å²) in [6, 6.07) is 62.7. The second kappa shape index (κ2) is 40.9. The molecule has 106 heavy (non-hydrogen) atoms. The first-order valence-electron chi connectivity index (χ1n) is 31.4. The molecule has 0 aliphatic heterocycles. The van der Waals surface area contributed by atoms with Crippen molar-refractivity contribution in [1.29, 1.82) is 0 Å². The molecule has 0 aliphatic carbocycles. The molecule has 12 aromatic rings. The third kappa shape index (κ3) is 24.3. The second-order valence-corrected chi connectivity index (χ2v) is 25.8. The van der Waals surface area contributed by atoms with Gasteiger partial charge in [-0.3, -0.25) is 39.4 Å². The minimum atomic E-state index is -0.499. The van der Waals surface area contributed by atoms with Crippen LogP contribution in [0.2, 0.25) is 10.0 Å². The van der Waals surface area contributed by atoms with Crippen molar-refractivity contribution >= 4 is 150 Å². The number of rotatable bonds is 26. The first kappa shape index (κ1) is 77.6. The zero-order valence-electron chi connectivity index (χ0n) is 55.8. The lowest BCUT2D eigenvalue weighted by Crippen LogP contribution is -2.11. The van der Waals surface area contributed by atoms with Crippen molar-refractivity contribution in [1.82, 2.24) is 19.9 Å². The first-order chi connectivity index (χ1) is 51.6. The Morgan fingerprint density at radius 3 is 0.953 bits per heavy atom. The Hall–Kier alpha value is -12.6. The maximum atomic E-state index is 11.1. The molecule has 4 N–H and O–H groups in total. The molecule has 32 heteroatoms. The summed E-state index contributed by atoms with van der Waals surface area (Å²) in [6.45, 7) is 5.06. The van der Waals surface area contributed by atoms with Gasteiger partial charge in [-0.25, -0.2) is 41.6 Å². The van der Waals surface area contributed by atoms with E-state index in [9.17, 15) is 39.4 Å². The van der Waals surface area contributed by atoms with Crippen molar-refractivity contribution in [3.05, 3.63) is 291 Å². The SMILES string of the molecule is Cc1ccc(-c2csc(N/N=C(\Cc3ccccc3)OC=O)n2)cc1Cl.Cc1ccc(-c2csc(N/N=C(\Cc3ccccc3[N+](=O)[O-])OC=O)n2)cc1Cl.O=CO/C(Cc1ccccc1)=N/Nc1nc(-c2ccccc2)cs1.O=CO/C(Cc1ccccc1[N+](=O)[O-])=N/Nc1nc(-c2ccccc2)cs1. The minimum absolute atomic E-state index is 0.00392. The molecule has 0 amide bonds. The zero-order valence-corrected chi connectivity index (χ0v) is 60.6. The fraction of sp³-hybridized carbons (Fsp3) is 0.0811. The Morgan fingerprint density at radius 1 is 0.387 bits per heavy atom. The fourth-order valence-electron chi connectivity index (χ4n) is 9.19. The van der Waals surface area contributed by atoms with Gasteiger partial charge in [0, 0.05) is 77.1 Å². The number of ether oxygens (including phenoxy) is 4. The molecule has 0 atom stereocenters. The second-order valence-electron chi connectivity index (χ2n) is 21.6. The van der Waals surface area contributed by atoms with E-state index in [1.54, 1.807) is 36.4 Å². The first-order valence-corrected chi connectivity index (χ1v) is 35.6. The number of nitro groups is 2. The van der Waals surface area contributed by atoms with E-state index in [2.05, 4.69) is 62.0 Å². The van der Waals surface area contributed by atoms with Crippen LogP contribution in [-0.2, 0) is 63.8 Å². The Kier molecular flexibility index (Phi) is 29.9. The van der Waals surface area contributed by atoms with Crippen molar-refractivity contribution in [2.45, 2.75) is 39.5 Å². The van der Waals surface area contributed by atoms with Gasteiger partial charge in [0.25, 0.3) is 37.3 Å². The van der Waals surface area contributed by atoms with Gasteiger partial charge in [-0.1, -0.05) is 205 Å². The quantitative estimate of drug-likeness (QED) is 0.00977. The van der Waals surface area contributed by atoms with E-state index in [0.717, 1.165) is 61.6 Å². The summed E-state index contributed by atoms with van der Waals surface area (Å²) in [6.07, 6.45) is 0.774. The molecule has 8 aromatic carbocycles. The maximum absolute atomic E-state index is 11.1. The average molecular weight is 1540 g/mol. The monoisotopic (exact) mass is 1530 g/mol. The Morgan fingerprint density at radius 2 is 0.660 bits per heavy atom. The van der Waals surface area contributed by atoms with Crippen LogP contribution in [0, 0.1) is 34.1 Å². The summed E-state index contributed by atoms with van der Waals surface area (Å²) in [7, 11) is 0. The van der Waals surface area contributed by atoms with Crippen LogP contribution in [0.5, 0.6) is 0 Å². The van der Waals surface area contributed by atoms with Gasteiger partial charge in [0.2, 0.25) is 44.1 Å². The lowest BCUT2D eigenvalue weighted by Gasteiger charge is -2.05. The lowest BCUT2D eigenvalue weighted by atomic mass is 10.1. The van der Waals surface area contributed by atoms with Crippen LogP contribution in [0.3, 0.4) is 0 Å². The molecule has 0 radical (unpaired) electrons. The molecule has 4 heterocycles. The third-order valence-electron chi connectivity index (χ3n) is 14.4. The smallest absolute Gasteiger partial charge is 0.299 e. The maximum Gasteiger partial charge on any atom is 0.299 e. The highest BCUT2D eigenvalue weighted by molar-refractivity contribution is 7.14. The van der Waals surface area contributed by atoms with Crippen LogP contribution in [0.15, 0.2) is 248 Å². The highest BCUT2D eigenvalue weighted by atomic mass is 35.5. The number of aryl methyl sites for hydroxylation is 2. The van der Waals surface area contributed by atoms with Gasteiger partial charge in [0.15, 0.2) is 0 Å². The summed E-state index contributed by atoms with van der Waals surface area (Å²) in [5.41, 5.74) is 22.7. The van der Waals surface area contributed by atoms with E-state index >= 15 is 0 Å². The average Bonchev–Trinajstić information content (AvgIpc) is 1.54. The molecule has 0 bridgehead atoms. The minimum Gasteiger partial charge on any atom is -0.412 e. The normalized spacial score (nSPS) is 11.1. The number of hydrogen-bond acceptors (Lipinski definition) is 28. The number of hydrazone groups is 4. The predicted molar refractivity (Wildman–Crippen MR) is 416 cm³/mol. The molecule has 0 spiro atoms. The fourth-order valence-corrected chi connectivity index (χ4v) is 12.2. The van der Waals surface area contributed by atoms with Crippen LogP contribution in [0.4, 0.5) is 31.9 Å². The van der Waals surface area contributed by atoms with Crippen molar-refractivity contribution < 1.29 is 48.0 Å². The van der Waals surface area contributed by atoms with Crippen molar-refractivity contribution in [3.63, 3.8) is 0 Å². The van der Waals surface area contributed by atoms with Gasteiger partial charge in [-0.15, -0.1) is 65.8 Å². The predicted octanol–water partition coefficient (Wildman–Crippen LogP) is 17.5. The molecular weight excluding hydrogens is 1480 g/mol. The van der Waals surface area contributed by atoms with Crippen molar-refractivity contribution in [2.75, 3.05) is 21.7 Å². The third-order valence-corrected chi connectivity index (χ3v) is 18.2. The van der Waals surface area contributed by atoms with Gasteiger partial charge >= 0.3 is 0 Å². The number of carbonyl (C=O) groups is 4. The molecule has 0 saturated heterocycles. The number of nitrogens with zero attached hydrogens (tertiary/aromatic N) is 10. The number of para-hydroxylation sites is 2. The van der Waals surface area contributed by atoms with E-state index in [0.29, 0.717) is 73.2 Å². The van der Waals surface area contributed by atoms with Crippen LogP contribution >= 0.6 is 68.5 Å². The molecule has 12 rings (SSSR count). The van der Waals surface area contributed by atoms with E-state index < -0.39 is 9.85 Å². The van der Waals surface area contributed by atoms with Crippen molar-refractivity contribution in [3.8, 4) is 45.0 Å². The van der Waals surface area contributed by atoms with Gasteiger partial charge in [0.1, 0.15) is 0 Å². The summed E-state index contributed by atoms with van der Waals surface area (Å²) in [4.78, 5) is 82.0. The zero-order chi connectivity index (χ0) is 74.8. The largest absolute Gasteiger partial charge is 0.412 e. The number of carbonyl (C=O) groups excluding carboxylic acids is 4. The van der Waals surface area contributed by atoms with Gasteiger partial charge in [-0.2, -0.15) is 0 Å². The lowest BCUT2D eigenvalue weighted by molar-refractivity contribution is -0.385. The number of benzene rings is 8. The van der Waals surface area contributed by atoms with E-state index in [4.69, 9.17) is 42.1 Å². The number of nitro benzene ring substituents is 2. The number of thiazole rings is 4. The molecule has 4 aromatic heterocycles. The number of aromatic nitrogens is 4. The number of hydrogen-bond donors (Lipinski definition) is 4. The Balaban J connectivity index is 0.000000164. The highest BCUT2D eigenvalue weighted by Crippen LogP contribution is 2.32. The Bertz CT molecular complexity index is 5050. The van der Waals surface area contributed by atoms with Crippen molar-refractivity contribution in [2.24, 2.45) is 20.4 Å². The topological polar surface area (TPSA) is 341 Å². The molecule has 0 unspecified atom stereocenters. The number of nitrogens with one attached hydrogen (secondary N) is 4. The van der Waals surface area contributed by atoms with Gasteiger partial charge in [-0.05, 0) is 48.2 Å². The Labute approximate surface area is 631 Å². The highest BCUT2D eigenvalue weighted by Gasteiger charge is 2.19. The molecule has 0 fully saturated rings. The summed E-state index contributed by atoms with van der Waals surface area (Å²) < 4.78 is 19.6. The van der Waals surface area contributed by atoms with Gasteiger partial charge in [0.05, 0.1) is 58.3 Å². The summed E-state index contributed by atoms with van der Waals surface area (Å²) in [5, 5.41) is 49.7.